The second kappa shape index (κ2) is 15.9. The number of methoxy groups -OCH3 is 1. The lowest BCUT2D eigenvalue weighted by Gasteiger charge is -2.27. The van der Waals surface area contributed by atoms with Crippen molar-refractivity contribution >= 4 is 57.3 Å². The highest BCUT2D eigenvalue weighted by Gasteiger charge is 2.28. The number of nitrogens with zero attached hydrogens (tertiary/aromatic N) is 4. The van der Waals surface area contributed by atoms with E-state index in [0.29, 0.717) is 78.0 Å². The summed E-state index contributed by atoms with van der Waals surface area (Å²) in [5.74, 6) is 0.527. The first kappa shape index (κ1) is 38.6. The molecule has 0 saturated carbocycles. The molecule has 1 saturated heterocycles. The number of amides is 2. The molecular formula is C38H49N7O6S. The highest BCUT2D eigenvalue weighted by molar-refractivity contribution is 7.92. The normalized spacial score (nSPS) is 15.8. The maximum Gasteiger partial charge on any atom is 0.410 e. The lowest BCUT2D eigenvalue weighted by atomic mass is 9.86. The summed E-state index contributed by atoms with van der Waals surface area (Å²) in [6.07, 6.45) is 3.23. The largest absolute Gasteiger partial charge is 0.593 e. The van der Waals surface area contributed by atoms with Gasteiger partial charge < -0.3 is 34.3 Å². The minimum Gasteiger partial charge on any atom is -0.593 e. The molecule has 52 heavy (non-hydrogen) atoms. The van der Waals surface area contributed by atoms with Crippen LogP contribution in [0.1, 0.15) is 68.7 Å². The van der Waals surface area contributed by atoms with E-state index in [0.717, 1.165) is 16.8 Å². The molecule has 3 heterocycles. The van der Waals surface area contributed by atoms with Crippen molar-refractivity contribution in [2.45, 2.75) is 65.9 Å². The van der Waals surface area contributed by atoms with E-state index in [4.69, 9.17) is 19.2 Å². The van der Waals surface area contributed by atoms with Gasteiger partial charge in [-0.1, -0.05) is 26.8 Å². The van der Waals surface area contributed by atoms with Crippen molar-refractivity contribution in [1.82, 2.24) is 19.9 Å². The third-order valence-corrected chi connectivity index (χ3v) is 8.95. The number of pyridine rings is 1. The third kappa shape index (κ3) is 9.81. The molecule has 1 aliphatic heterocycles. The average molecular weight is 732 g/mol. The van der Waals surface area contributed by atoms with Gasteiger partial charge in [-0.15, -0.1) is 0 Å². The van der Waals surface area contributed by atoms with Gasteiger partial charge in [0.2, 0.25) is 0 Å². The number of carbonyl (C=O) groups is 2. The first-order valence-electron chi connectivity index (χ1n) is 17.2. The van der Waals surface area contributed by atoms with Crippen LogP contribution in [-0.2, 0) is 32.7 Å². The van der Waals surface area contributed by atoms with Gasteiger partial charge in [-0.3, -0.25) is 4.79 Å². The van der Waals surface area contributed by atoms with Crippen molar-refractivity contribution in [3.8, 4) is 5.75 Å². The molecule has 2 amide bonds. The molecule has 0 aliphatic carbocycles. The fourth-order valence-corrected chi connectivity index (χ4v) is 6.26. The zero-order valence-electron chi connectivity index (χ0n) is 31.4. The molecule has 0 bridgehead atoms. The summed E-state index contributed by atoms with van der Waals surface area (Å²) in [4.78, 5) is 42.2. The Morgan fingerprint density at radius 3 is 2.48 bits per heavy atom. The van der Waals surface area contributed by atoms with Crippen LogP contribution in [0.5, 0.6) is 5.75 Å². The molecule has 2 atom stereocenters. The van der Waals surface area contributed by atoms with Gasteiger partial charge >= 0.3 is 6.09 Å². The van der Waals surface area contributed by atoms with E-state index in [1.165, 1.54) is 19.7 Å². The number of aromatic nitrogens is 3. The smallest absolute Gasteiger partial charge is 0.410 e. The maximum atomic E-state index is 13.7. The molecule has 1 unspecified atom stereocenters. The first-order valence-corrected chi connectivity index (χ1v) is 18.7. The maximum absolute atomic E-state index is 13.7. The third-order valence-electron chi connectivity index (χ3n) is 8.44. The molecule has 1 aliphatic rings. The van der Waals surface area contributed by atoms with Crippen molar-refractivity contribution in [2.24, 2.45) is 5.92 Å². The van der Waals surface area contributed by atoms with Crippen LogP contribution >= 0.6 is 0 Å². The van der Waals surface area contributed by atoms with E-state index in [9.17, 15) is 14.1 Å². The van der Waals surface area contributed by atoms with Crippen LogP contribution in [-0.4, -0.2) is 81.7 Å². The average Bonchev–Trinajstić information content (AvgIpc) is 3.30. The Hall–Kier alpha value is -4.66. The summed E-state index contributed by atoms with van der Waals surface area (Å²) in [7, 11) is 1.51. The van der Waals surface area contributed by atoms with Crippen LogP contribution in [0.25, 0.3) is 11.0 Å². The second-order valence-electron chi connectivity index (χ2n) is 15.0. The van der Waals surface area contributed by atoms with E-state index in [1.807, 2.05) is 58.0 Å². The van der Waals surface area contributed by atoms with Crippen molar-refractivity contribution in [2.75, 3.05) is 55.0 Å². The van der Waals surface area contributed by atoms with E-state index in [-0.39, 0.29) is 23.3 Å². The van der Waals surface area contributed by atoms with Crippen LogP contribution in [0.4, 0.5) is 27.7 Å². The Morgan fingerprint density at radius 1 is 1.04 bits per heavy atom. The second-order valence-corrected chi connectivity index (χ2v) is 16.1. The first-order chi connectivity index (χ1) is 24.5. The number of anilines is 4. The molecule has 2 aromatic carbocycles. The van der Waals surface area contributed by atoms with Crippen molar-refractivity contribution < 1.29 is 28.4 Å². The highest BCUT2D eigenvalue weighted by Crippen LogP contribution is 2.39. The lowest BCUT2D eigenvalue weighted by Crippen LogP contribution is -2.40. The Kier molecular flexibility index (Phi) is 11.8. The Balaban J connectivity index is 1.38. The van der Waals surface area contributed by atoms with Crippen LogP contribution in [0, 0.1) is 12.8 Å². The SMILES string of the molecule is COc1c(NC(=O)c2ccc(C)c(Nc3ncnc4ccc(CC5COCCN(C(=O)OC(C)(C)C)C5)nc34)c2)cc(C(C)(C)C)cc1N[S@+](C)[O-]. The minimum absolute atomic E-state index is 0.0112. The molecule has 4 aromatic rings. The predicted octanol–water partition coefficient (Wildman–Crippen LogP) is 6.77. The van der Waals surface area contributed by atoms with Gasteiger partial charge in [-0.25, -0.2) is 24.5 Å². The van der Waals surface area contributed by atoms with Crippen molar-refractivity contribution in [3.63, 3.8) is 0 Å². The van der Waals surface area contributed by atoms with Crippen molar-refractivity contribution in [1.29, 1.82) is 0 Å². The van der Waals surface area contributed by atoms with Gasteiger partial charge in [0.15, 0.2) is 11.6 Å². The van der Waals surface area contributed by atoms with Gasteiger partial charge in [0.25, 0.3) is 5.91 Å². The van der Waals surface area contributed by atoms with E-state index >= 15 is 0 Å². The number of rotatable bonds is 9. The summed E-state index contributed by atoms with van der Waals surface area (Å²) in [5.41, 5.74) is 5.06. The van der Waals surface area contributed by atoms with E-state index in [2.05, 4.69) is 46.1 Å². The molecule has 14 heteroatoms. The number of benzene rings is 2. The number of ether oxygens (including phenoxy) is 3. The summed E-state index contributed by atoms with van der Waals surface area (Å²) in [5, 5.41) is 6.39. The van der Waals surface area contributed by atoms with Gasteiger partial charge in [0.05, 0.1) is 42.9 Å². The Bertz CT molecular complexity index is 1920. The van der Waals surface area contributed by atoms with Crippen LogP contribution in [0.2, 0.25) is 0 Å². The van der Waals surface area contributed by atoms with Gasteiger partial charge in [0, 0.05) is 36.0 Å². The standard InChI is InChI=1S/C38H49N7O6S/c1-23-10-11-25(35(46)43-30-18-26(37(2,3)4)19-31(33(30)49-8)44-52(9)48)17-29(23)42-34-32-28(39-22-40-34)13-12-27(41-32)16-24-20-45(14-15-50-21-24)36(47)51-38(5,6)7/h10-13,17-19,22,24,44H,14-16,20-21H2,1-9H3,(H,43,46)(H,39,40,42)/t24?,52-/m0/s1. The summed E-state index contributed by atoms with van der Waals surface area (Å²) >= 11 is -1.36. The van der Waals surface area contributed by atoms with E-state index < -0.39 is 17.0 Å². The summed E-state index contributed by atoms with van der Waals surface area (Å²) in [6, 6.07) is 13.0. The topological polar surface area (TPSA) is 163 Å². The number of aryl methyl sites for hydroxylation is 1. The molecule has 3 N–H and O–H groups in total. The van der Waals surface area contributed by atoms with Crippen LogP contribution in [0.3, 0.4) is 0 Å². The summed E-state index contributed by atoms with van der Waals surface area (Å²) in [6.45, 7) is 15.6. The lowest BCUT2D eigenvalue weighted by molar-refractivity contribution is 0.0233. The number of nitrogens with one attached hydrogen (secondary N) is 3. The molecular weight excluding hydrogens is 683 g/mol. The predicted molar refractivity (Wildman–Crippen MR) is 205 cm³/mol. The fourth-order valence-electron chi connectivity index (χ4n) is 5.80. The van der Waals surface area contributed by atoms with Crippen LogP contribution in [0.15, 0.2) is 48.8 Å². The number of fused-ring (bicyclic) bond motifs is 1. The van der Waals surface area contributed by atoms with E-state index in [1.54, 1.807) is 17.0 Å². The molecule has 0 radical (unpaired) electrons. The summed E-state index contributed by atoms with van der Waals surface area (Å²) < 4.78 is 32.2. The Labute approximate surface area is 308 Å². The molecule has 13 nitrogen and oxygen atoms in total. The zero-order valence-corrected chi connectivity index (χ0v) is 32.2. The molecule has 5 rings (SSSR count). The molecule has 0 spiro atoms. The quantitative estimate of drug-likeness (QED) is 0.156. The molecule has 278 valence electrons. The number of carbonyl (C=O) groups excluding carboxylic acids is 2. The number of hydrogen-bond donors (Lipinski definition) is 3. The van der Waals surface area contributed by atoms with Gasteiger partial charge in [0.1, 0.15) is 29.4 Å². The molecule has 2 aromatic heterocycles. The van der Waals surface area contributed by atoms with Crippen molar-refractivity contribution in [3.05, 3.63) is 71.2 Å². The van der Waals surface area contributed by atoms with Gasteiger partial charge in [-0.2, -0.15) is 0 Å². The highest BCUT2D eigenvalue weighted by atomic mass is 32.2. The fraction of sp³-hybridized carbons (Fsp3) is 0.447. The number of hydrogen-bond acceptors (Lipinski definition) is 11. The van der Waals surface area contributed by atoms with Crippen LogP contribution < -0.4 is 20.1 Å². The Morgan fingerprint density at radius 2 is 1.79 bits per heavy atom. The van der Waals surface area contributed by atoms with Gasteiger partial charge in [-0.05, 0) is 87.1 Å². The minimum atomic E-state index is -1.36. The molecule has 1 fully saturated rings. The zero-order chi connectivity index (χ0) is 37.8. The monoisotopic (exact) mass is 731 g/mol.